The summed E-state index contributed by atoms with van der Waals surface area (Å²) in [5, 5.41) is 3.13. The first-order valence-electron chi connectivity index (χ1n) is 4.84. The van der Waals surface area contributed by atoms with Crippen molar-refractivity contribution in [3.63, 3.8) is 0 Å². The van der Waals surface area contributed by atoms with E-state index in [1.54, 1.807) is 6.08 Å². The number of hydrogen-bond donors (Lipinski definition) is 1. The average Bonchev–Trinajstić information content (AvgIpc) is 2.28. The third kappa shape index (κ3) is 3.88. The lowest BCUT2D eigenvalue weighted by Crippen LogP contribution is -2.13. The molecule has 0 radical (unpaired) electrons. The summed E-state index contributed by atoms with van der Waals surface area (Å²) in [7, 11) is 0. The fraction of sp³-hybridized carbons (Fsp3) is 0.231. The summed E-state index contributed by atoms with van der Waals surface area (Å²) in [4.78, 5) is 0. The van der Waals surface area contributed by atoms with Gasteiger partial charge in [-0.25, -0.2) is 0 Å². The van der Waals surface area contributed by atoms with Crippen LogP contribution in [0.15, 0.2) is 36.9 Å². The van der Waals surface area contributed by atoms with Crippen LogP contribution in [0.25, 0.3) is 0 Å². The van der Waals surface area contributed by atoms with Gasteiger partial charge in [-0.3, -0.25) is 0 Å². The van der Waals surface area contributed by atoms with Crippen molar-refractivity contribution in [2.24, 2.45) is 0 Å². The molecule has 0 atom stereocenters. The Hall–Kier alpha value is -1.72. The molecule has 1 N–H and O–H groups in total. The Labute approximate surface area is 91.0 Å². The molecule has 0 aliphatic carbocycles. The maximum absolute atomic E-state index is 5.51. The van der Waals surface area contributed by atoms with Crippen LogP contribution in [0.4, 0.5) is 0 Å². The van der Waals surface area contributed by atoms with Gasteiger partial charge in [-0.15, -0.1) is 6.42 Å². The van der Waals surface area contributed by atoms with E-state index < -0.39 is 0 Å². The minimum Gasteiger partial charge on any atom is -0.489 e. The van der Waals surface area contributed by atoms with Gasteiger partial charge < -0.3 is 10.1 Å². The van der Waals surface area contributed by atoms with Crippen molar-refractivity contribution in [3.8, 4) is 18.1 Å². The van der Waals surface area contributed by atoms with Crippen LogP contribution in [0.2, 0.25) is 0 Å². The van der Waals surface area contributed by atoms with Gasteiger partial charge in [0, 0.05) is 12.1 Å². The third-order valence-corrected chi connectivity index (χ3v) is 1.87. The van der Waals surface area contributed by atoms with E-state index >= 15 is 0 Å². The van der Waals surface area contributed by atoms with E-state index in [0.29, 0.717) is 13.2 Å². The fourth-order valence-electron chi connectivity index (χ4n) is 1.21. The fourth-order valence-corrected chi connectivity index (χ4v) is 1.21. The summed E-state index contributed by atoms with van der Waals surface area (Å²) in [6, 6.07) is 7.88. The number of terminal acetylenes is 1. The molecule has 78 valence electrons. The first kappa shape index (κ1) is 11.4. The van der Waals surface area contributed by atoms with Crippen molar-refractivity contribution in [1.82, 2.24) is 5.32 Å². The normalized spacial score (nSPS) is 9.27. The monoisotopic (exact) mass is 201 g/mol. The number of rotatable bonds is 6. The van der Waals surface area contributed by atoms with Gasteiger partial charge in [0.2, 0.25) is 0 Å². The Bertz CT molecular complexity index is 352. The molecular formula is C13H15NO. The number of para-hydroxylation sites is 1. The van der Waals surface area contributed by atoms with Crippen LogP contribution in [-0.2, 0) is 6.54 Å². The number of ether oxygens (including phenoxy) is 1. The molecule has 2 heteroatoms. The van der Waals surface area contributed by atoms with Crippen LogP contribution in [0.3, 0.4) is 0 Å². The maximum Gasteiger partial charge on any atom is 0.124 e. The highest BCUT2D eigenvalue weighted by molar-refractivity contribution is 5.33. The predicted molar refractivity (Wildman–Crippen MR) is 62.7 cm³/mol. The molecule has 0 unspecified atom stereocenters. The van der Waals surface area contributed by atoms with Crippen LogP contribution >= 0.6 is 0 Å². The lowest BCUT2D eigenvalue weighted by Gasteiger charge is -2.09. The molecule has 1 aromatic carbocycles. The first-order valence-corrected chi connectivity index (χ1v) is 4.84. The first-order chi connectivity index (χ1) is 7.38. The van der Waals surface area contributed by atoms with Gasteiger partial charge in [-0.1, -0.05) is 36.8 Å². The maximum atomic E-state index is 5.51. The van der Waals surface area contributed by atoms with Crippen molar-refractivity contribution in [2.75, 3.05) is 13.2 Å². The summed E-state index contributed by atoms with van der Waals surface area (Å²) in [5.74, 6) is 3.41. The highest BCUT2D eigenvalue weighted by Gasteiger charge is 2.00. The molecule has 15 heavy (non-hydrogen) atoms. The molecule has 1 aromatic rings. The minimum absolute atomic E-state index is 0.520. The van der Waals surface area contributed by atoms with Gasteiger partial charge >= 0.3 is 0 Å². The zero-order chi connectivity index (χ0) is 10.9. The smallest absolute Gasteiger partial charge is 0.124 e. The van der Waals surface area contributed by atoms with Gasteiger partial charge in [-0.05, 0) is 6.07 Å². The second-order valence-corrected chi connectivity index (χ2v) is 3.02. The number of nitrogens with one attached hydrogen (secondary N) is 1. The lowest BCUT2D eigenvalue weighted by atomic mass is 10.2. The van der Waals surface area contributed by atoms with Crippen molar-refractivity contribution in [1.29, 1.82) is 0 Å². The Morgan fingerprint density at radius 2 is 2.27 bits per heavy atom. The summed E-state index contributed by atoms with van der Waals surface area (Å²) in [6.07, 6.45) is 6.88. The van der Waals surface area contributed by atoms with E-state index in [1.165, 1.54) is 0 Å². The predicted octanol–water partition coefficient (Wildman–Crippen LogP) is 1.97. The Kier molecular flexibility index (Phi) is 5.07. The van der Waals surface area contributed by atoms with E-state index in [4.69, 9.17) is 11.2 Å². The van der Waals surface area contributed by atoms with Crippen molar-refractivity contribution >= 4 is 0 Å². The molecule has 0 amide bonds. The molecule has 0 aromatic heterocycles. The molecule has 2 nitrogen and oxygen atoms in total. The van der Waals surface area contributed by atoms with Gasteiger partial charge in [0.05, 0.1) is 6.54 Å². The van der Waals surface area contributed by atoms with Gasteiger partial charge in [0.15, 0.2) is 0 Å². The number of benzene rings is 1. The molecule has 0 spiro atoms. The SMILES string of the molecule is C#CCNCc1ccccc1OCC=C. The lowest BCUT2D eigenvalue weighted by molar-refractivity contribution is 0.358. The topological polar surface area (TPSA) is 21.3 Å². The molecule has 0 saturated heterocycles. The highest BCUT2D eigenvalue weighted by Crippen LogP contribution is 2.17. The largest absolute Gasteiger partial charge is 0.489 e. The van der Waals surface area contributed by atoms with E-state index in [-0.39, 0.29) is 0 Å². The summed E-state index contributed by atoms with van der Waals surface area (Å²) in [6.45, 7) is 5.42. The van der Waals surface area contributed by atoms with E-state index in [9.17, 15) is 0 Å². The molecule has 0 heterocycles. The second kappa shape index (κ2) is 6.69. The van der Waals surface area contributed by atoms with E-state index in [2.05, 4.69) is 17.8 Å². The van der Waals surface area contributed by atoms with Gasteiger partial charge in [0.25, 0.3) is 0 Å². The van der Waals surface area contributed by atoms with Crippen molar-refractivity contribution < 1.29 is 4.74 Å². The Morgan fingerprint density at radius 3 is 3.00 bits per heavy atom. The standard InChI is InChI=1S/C13H15NO/c1-3-9-14-11-12-7-5-6-8-13(12)15-10-4-2/h1,4-8,14H,2,9-11H2. The molecule has 1 rings (SSSR count). The molecule has 0 fully saturated rings. The third-order valence-electron chi connectivity index (χ3n) is 1.87. The Balaban J connectivity index is 2.60. The molecule has 0 bridgehead atoms. The minimum atomic E-state index is 0.520. The van der Waals surface area contributed by atoms with Gasteiger partial charge in [-0.2, -0.15) is 0 Å². The molecule has 0 saturated carbocycles. The number of hydrogen-bond acceptors (Lipinski definition) is 2. The van der Waals surface area contributed by atoms with Crippen LogP contribution in [0, 0.1) is 12.3 Å². The summed E-state index contributed by atoms with van der Waals surface area (Å²) >= 11 is 0. The average molecular weight is 201 g/mol. The zero-order valence-corrected chi connectivity index (χ0v) is 8.70. The molecular weight excluding hydrogens is 186 g/mol. The summed E-state index contributed by atoms with van der Waals surface area (Å²) < 4.78 is 5.51. The Morgan fingerprint density at radius 1 is 1.47 bits per heavy atom. The summed E-state index contributed by atoms with van der Waals surface area (Å²) in [5.41, 5.74) is 1.11. The quantitative estimate of drug-likeness (QED) is 0.431. The van der Waals surface area contributed by atoms with Crippen molar-refractivity contribution in [3.05, 3.63) is 42.5 Å². The van der Waals surface area contributed by atoms with Crippen LogP contribution < -0.4 is 10.1 Å². The van der Waals surface area contributed by atoms with Crippen LogP contribution in [-0.4, -0.2) is 13.2 Å². The highest BCUT2D eigenvalue weighted by atomic mass is 16.5. The van der Waals surface area contributed by atoms with Crippen LogP contribution in [0.5, 0.6) is 5.75 Å². The van der Waals surface area contributed by atoms with Crippen molar-refractivity contribution in [2.45, 2.75) is 6.54 Å². The second-order valence-electron chi connectivity index (χ2n) is 3.02. The molecule has 0 aliphatic rings. The van der Waals surface area contributed by atoms with E-state index in [0.717, 1.165) is 17.9 Å². The van der Waals surface area contributed by atoms with Gasteiger partial charge in [0.1, 0.15) is 12.4 Å². The molecule has 0 aliphatic heterocycles. The van der Waals surface area contributed by atoms with Crippen LogP contribution in [0.1, 0.15) is 5.56 Å². The zero-order valence-electron chi connectivity index (χ0n) is 8.70. The van der Waals surface area contributed by atoms with E-state index in [1.807, 2.05) is 24.3 Å².